The van der Waals surface area contributed by atoms with E-state index in [2.05, 4.69) is 5.32 Å². The summed E-state index contributed by atoms with van der Waals surface area (Å²) >= 11 is 0. The molecule has 2 aromatic carbocycles. The fraction of sp³-hybridized carbons (Fsp3) is 0.435. The molecular formula is C23H27F3N2O3S. The Balaban J connectivity index is 1.90. The summed E-state index contributed by atoms with van der Waals surface area (Å²) in [4.78, 5) is 12.7. The van der Waals surface area contributed by atoms with Gasteiger partial charge in [-0.15, -0.1) is 0 Å². The molecule has 1 amide bonds. The van der Waals surface area contributed by atoms with Gasteiger partial charge in [0, 0.05) is 6.04 Å². The van der Waals surface area contributed by atoms with Crippen molar-refractivity contribution >= 4 is 21.6 Å². The van der Waals surface area contributed by atoms with Gasteiger partial charge in [-0.1, -0.05) is 56.4 Å². The molecule has 0 aliphatic heterocycles. The Kier molecular flexibility index (Phi) is 7.82. The van der Waals surface area contributed by atoms with Crippen LogP contribution in [0.15, 0.2) is 59.5 Å². The molecule has 1 saturated carbocycles. The molecule has 0 saturated heterocycles. The van der Waals surface area contributed by atoms with Gasteiger partial charge in [-0.2, -0.15) is 13.2 Å². The lowest BCUT2D eigenvalue weighted by Gasteiger charge is -2.27. The minimum atomic E-state index is -4.64. The third-order valence-corrected chi connectivity index (χ3v) is 7.34. The van der Waals surface area contributed by atoms with Crippen LogP contribution in [0.4, 0.5) is 18.9 Å². The third kappa shape index (κ3) is 6.25. The molecule has 0 spiro atoms. The molecule has 1 aliphatic carbocycles. The van der Waals surface area contributed by atoms with Gasteiger partial charge in [0.1, 0.15) is 6.54 Å². The second-order valence-corrected chi connectivity index (χ2v) is 9.84. The van der Waals surface area contributed by atoms with Crippen molar-refractivity contribution in [2.45, 2.75) is 62.1 Å². The average Bonchev–Trinajstić information content (AvgIpc) is 2.74. The van der Waals surface area contributed by atoms with Crippen molar-refractivity contribution < 1.29 is 26.4 Å². The van der Waals surface area contributed by atoms with Crippen LogP contribution in [0, 0.1) is 0 Å². The molecule has 32 heavy (non-hydrogen) atoms. The van der Waals surface area contributed by atoms with E-state index in [4.69, 9.17) is 0 Å². The second-order valence-electron chi connectivity index (χ2n) is 7.98. The largest absolute Gasteiger partial charge is 0.416 e. The number of carbonyl (C=O) groups is 1. The molecule has 0 unspecified atom stereocenters. The van der Waals surface area contributed by atoms with E-state index in [-0.39, 0.29) is 16.6 Å². The lowest BCUT2D eigenvalue weighted by Crippen LogP contribution is -2.44. The lowest BCUT2D eigenvalue weighted by atomic mass is 9.97. The Bertz CT molecular complexity index is 1000. The Morgan fingerprint density at radius 2 is 1.56 bits per heavy atom. The second kappa shape index (κ2) is 10.4. The van der Waals surface area contributed by atoms with Crippen LogP contribution in [0.5, 0.6) is 0 Å². The third-order valence-electron chi connectivity index (χ3n) is 5.55. The van der Waals surface area contributed by atoms with Crippen molar-refractivity contribution in [3.05, 3.63) is 60.2 Å². The number of hydrogen-bond acceptors (Lipinski definition) is 3. The molecule has 5 nitrogen and oxygen atoms in total. The first-order valence-electron chi connectivity index (χ1n) is 10.7. The zero-order valence-electron chi connectivity index (χ0n) is 17.6. The summed E-state index contributed by atoms with van der Waals surface area (Å²) in [5.41, 5.74) is -1.19. The Morgan fingerprint density at radius 3 is 2.19 bits per heavy atom. The van der Waals surface area contributed by atoms with Gasteiger partial charge in [0.25, 0.3) is 10.0 Å². The van der Waals surface area contributed by atoms with E-state index in [9.17, 15) is 26.4 Å². The molecule has 1 aliphatic rings. The maximum atomic E-state index is 13.3. The molecule has 0 aromatic heterocycles. The zero-order chi connectivity index (χ0) is 23.2. The lowest BCUT2D eigenvalue weighted by molar-refractivity contribution is -0.137. The molecule has 0 radical (unpaired) electrons. The molecule has 174 valence electrons. The van der Waals surface area contributed by atoms with Crippen LogP contribution in [-0.4, -0.2) is 26.9 Å². The number of rotatable bonds is 6. The van der Waals surface area contributed by atoms with Gasteiger partial charge < -0.3 is 5.32 Å². The highest BCUT2D eigenvalue weighted by atomic mass is 32.2. The number of hydrogen-bond donors (Lipinski definition) is 1. The van der Waals surface area contributed by atoms with Gasteiger partial charge in [0.2, 0.25) is 5.91 Å². The fourth-order valence-electron chi connectivity index (χ4n) is 3.88. The summed E-state index contributed by atoms with van der Waals surface area (Å²) in [6.45, 7) is -0.602. The number of amides is 1. The first-order chi connectivity index (χ1) is 15.2. The number of nitrogens with zero attached hydrogens (tertiary/aromatic N) is 1. The van der Waals surface area contributed by atoms with Gasteiger partial charge in [0.05, 0.1) is 16.1 Å². The van der Waals surface area contributed by atoms with E-state index in [1.807, 2.05) is 0 Å². The molecule has 0 heterocycles. The van der Waals surface area contributed by atoms with Crippen molar-refractivity contribution in [3.63, 3.8) is 0 Å². The molecule has 0 atom stereocenters. The van der Waals surface area contributed by atoms with Gasteiger partial charge >= 0.3 is 6.18 Å². The van der Waals surface area contributed by atoms with Crippen LogP contribution < -0.4 is 9.62 Å². The predicted octanol–water partition coefficient (Wildman–Crippen LogP) is 5.13. The van der Waals surface area contributed by atoms with Crippen LogP contribution in [0.3, 0.4) is 0 Å². The Labute approximate surface area is 186 Å². The van der Waals surface area contributed by atoms with E-state index in [0.717, 1.165) is 61.0 Å². The summed E-state index contributed by atoms with van der Waals surface area (Å²) in [7, 11) is -4.26. The predicted molar refractivity (Wildman–Crippen MR) is 117 cm³/mol. The zero-order valence-corrected chi connectivity index (χ0v) is 18.5. The van der Waals surface area contributed by atoms with Crippen molar-refractivity contribution in [3.8, 4) is 0 Å². The monoisotopic (exact) mass is 468 g/mol. The van der Waals surface area contributed by atoms with Gasteiger partial charge in [0.15, 0.2) is 0 Å². The molecule has 3 rings (SSSR count). The van der Waals surface area contributed by atoms with Crippen molar-refractivity contribution in [1.82, 2.24) is 5.32 Å². The number of nitrogens with one attached hydrogen (secondary N) is 1. The van der Waals surface area contributed by atoms with Crippen LogP contribution in [0.25, 0.3) is 0 Å². The van der Waals surface area contributed by atoms with Crippen molar-refractivity contribution in [2.24, 2.45) is 0 Å². The summed E-state index contributed by atoms with van der Waals surface area (Å²) in [5, 5.41) is 2.89. The summed E-state index contributed by atoms with van der Waals surface area (Å²) in [5.74, 6) is -0.535. The highest BCUT2D eigenvalue weighted by molar-refractivity contribution is 7.92. The normalized spacial score (nSPS) is 16.1. The van der Waals surface area contributed by atoms with E-state index < -0.39 is 34.2 Å². The molecular weight excluding hydrogens is 441 g/mol. The first kappa shape index (κ1) is 24.1. The number of anilines is 1. The number of alkyl halides is 3. The fourth-order valence-corrected chi connectivity index (χ4v) is 5.31. The topological polar surface area (TPSA) is 66.5 Å². The summed E-state index contributed by atoms with van der Waals surface area (Å²) in [6, 6.07) is 11.3. The number of halogens is 3. The van der Waals surface area contributed by atoms with Gasteiger partial charge in [-0.05, 0) is 43.2 Å². The van der Waals surface area contributed by atoms with E-state index >= 15 is 0 Å². The number of benzene rings is 2. The van der Waals surface area contributed by atoms with Crippen LogP contribution in [-0.2, 0) is 21.0 Å². The quantitative estimate of drug-likeness (QED) is 0.639. The minimum Gasteiger partial charge on any atom is -0.352 e. The molecule has 0 bridgehead atoms. The van der Waals surface area contributed by atoms with E-state index in [1.165, 1.54) is 36.8 Å². The van der Waals surface area contributed by atoms with Gasteiger partial charge in [-0.3, -0.25) is 9.10 Å². The van der Waals surface area contributed by atoms with Crippen molar-refractivity contribution in [2.75, 3.05) is 10.8 Å². The average molecular weight is 469 g/mol. The molecule has 1 fully saturated rings. The SMILES string of the molecule is O=C(CN(c1cccc(C(F)(F)F)c1)S(=O)(=O)c1ccccc1)NC1CCCCCCC1. The molecule has 9 heteroatoms. The number of carbonyl (C=O) groups excluding carboxylic acids is 1. The molecule has 1 N–H and O–H groups in total. The standard InChI is InChI=1S/C23H27F3N2O3S/c24-23(25,26)18-10-9-13-20(16-18)28(32(30,31)21-14-7-4-8-15-21)17-22(29)27-19-11-5-2-1-3-6-12-19/h4,7-10,13-16,19H,1-3,5-6,11-12,17H2,(H,27,29). The molecule has 2 aromatic rings. The van der Waals surface area contributed by atoms with E-state index in [1.54, 1.807) is 6.07 Å². The maximum Gasteiger partial charge on any atom is 0.416 e. The Morgan fingerprint density at radius 1 is 0.938 bits per heavy atom. The number of sulfonamides is 1. The summed E-state index contributed by atoms with van der Waals surface area (Å²) < 4.78 is 67.1. The van der Waals surface area contributed by atoms with Crippen molar-refractivity contribution in [1.29, 1.82) is 0 Å². The van der Waals surface area contributed by atoms with Crippen LogP contribution in [0.2, 0.25) is 0 Å². The van der Waals surface area contributed by atoms with Crippen LogP contribution >= 0.6 is 0 Å². The minimum absolute atomic E-state index is 0.0643. The summed E-state index contributed by atoms with van der Waals surface area (Å²) in [6.07, 6.45) is 2.27. The highest BCUT2D eigenvalue weighted by Crippen LogP contribution is 2.33. The van der Waals surface area contributed by atoms with Crippen LogP contribution in [0.1, 0.15) is 50.5 Å². The highest BCUT2D eigenvalue weighted by Gasteiger charge is 2.33. The van der Waals surface area contributed by atoms with E-state index in [0.29, 0.717) is 0 Å². The van der Waals surface area contributed by atoms with Gasteiger partial charge in [-0.25, -0.2) is 8.42 Å². The Hall–Kier alpha value is -2.55. The first-order valence-corrected chi connectivity index (χ1v) is 12.2. The maximum absolute atomic E-state index is 13.3. The smallest absolute Gasteiger partial charge is 0.352 e.